The molecule has 4 rings (SSSR count). The molecular weight excluding hydrogens is 432 g/mol. The zero-order chi connectivity index (χ0) is 22.2. The molecule has 1 fully saturated rings. The van der Waals surface area contributed by atoms with Gasteiger partial charge < -0.3 is 10.2 Å². The molecule has 10 heteroatoms. The van der Waals surface area contributed by atoms with Crippen molar-refractivity contribution < 1.29 is 22.4 Å². The molecule has 2 aliphatic rings. The van der Waals surface area contributed by atoms with E-state index < -0.39 is 17.6 Å². The van der Waals surface area contributed by atoms with Gasteiger partial charge in [0.15, 0.2) is 5.69 Å². The normalized spacial score (nSPS) is 19.4. The first kappa shape index (κ1) is 22.1. The third-order valence-electron chi connectivity index (χ3n) is 5.92. The fourth-order valence-corrected chi connectivity index (χ4v) is 5.08. The van der Waals surface area contributed by atoms with E-state index in [2.05, 4.69) is 10.4 Å². The SMILES string of the molecule is Cn1nc(C(=O)N2CCSCC2)c2c1CCC(NCc1ccc(C(F)(F)F)cc1F)C2. The molecule has 1 saturated heterocycles. The van der Waals surface area contributed by atoms with Gasteiger partial charge in [-0.15, -0.1) is 0 Å². The van der Waals surface area contributed by atoms with Crippen LogP contribution >= 0.6 is 11.8 Å². The van der Waals surface area contributed by atoms with Crippen molar-refractivity contribution in [2.75, 3.05) is 24.6 Å². The van der Waals surface area contributed by atoms with Crippen molar-refractivity contribution in [1.29, 1.82) is 0 Å². The van der Waals surface area contributed by atoms with Gasteiger partial charge in [-0.05, 0) is 31.4 Å². The van der Waals surface area contributed by atoms with Crippen molar-refractivity contribution in [2.45, 2.75) is 38.0 Å². The summed E-state index contributed by atoms with van der Waals surface area (Å²) in [6.07, 6.45) is -2.48. The maximum absolute atomic E-state index is 14.1. The van der Waals surface area contributed by atoms with E-state index in [1.165, 1.54) is 6.07 Å². The summed E-state index contributed by atoms with van der Waals surface area (Å²) < 4.78 is 54.1. The molecule has 1 N–H and O–H groups in total. The fraction of sp³-hybridized carbons (Fsp3) is 0.524. The molecule has 0 saturated carbocycles. The number of benzene rings is 1. The molecule has 1 aliphatic heterocycles. The Morgan fingerprint density at radius 2 is 2.03 bits per heavy atom. The van der Waals surface area contributed by atoms with Gasteiger partial charge in [0.05, 0.1) is 5.56 Å². The highest BCUT2D eigenvalue weighted by atomic mass is 32.2. The minimum absolute atomic E-state index is 0.0122. The zero-order valence-corrected chi connectivity index (χ0v) is 18.0. The monoisotopic (exact) mass is 456 g/mol. The van der Waals surface area contributed by atoms with Crippen LogP contribution in [0.5, 0.6) is 0 Å². The van der Waals surface area contributed by atoms with Gasteiger partial charge in [-0.1, -0.05) is 6.07 Å². The Balaban J connectivity index is 1.45. The van der Waals surface area contributed by atoms with E-state index in [1.807, 2.05) is 23.7 Å². The second kappa shape index (κ2) is 8.82. The molecule has 1 atom stereocenters. The number of fused-ring (bicyclic) bond motifs is 1. The van der Waals surface area contributed by atoms with Gasteiger partial charge in [-0.3, -0.25) is 9.48 Å². The van der Waals surface area contributed by atoms with E-state index in [-0.39, 0.29) is 24.1 Å². The lowest BCUT2D eigenvalue weighted by Gasteiger charge is -2.27. The molecule has 2 aromatic rings. The molecule has 1 unspecified atom stereocenters. The van der Waals surface area contributed by atoms with Crippen LogP contribution in [0.1, 0.15) is 39.3 Å². The lowest BCUT2D eigenvalue weighted by atomic mass is 9.91. The third kappa shape index (κ3) is 4.74. The average Bonchev–Trinajstić information content (AvgIpc) is 3.08. The Morgan fingerprint density at radius 1 is 1.29 bits per heavy atom. The minimum atomic E-state index is -4.57. The number of rotatable bonds is 4. The van der Waals surface area contributed by atoms with Crippen molar-refractivity contribution in [3.05, 3.63) is 52.1 Å². The predicted molar refractivity (Wildman–Crippen MR) is 110 cm³/mol. The molecular formula is C21H24F4N4OS. The Morgan fingerprint density at radius 3 is 2.71 bits per heavy atom. The summed E-state index contributed by atoms with van der Waals surface area (Å²) in [5.41, 5.74) is 1.63. The molecule has 31 heavy (non-hydrogen) atoms. The van der Waals surface area contributed by atoms with Crippen LogP contribution in [0.3, 0.4) is 0 Å². The maximum Gasteiger partial charge on any atom is 0.416 e. The molecule has 1 aromatic carbocycles. The Labute approximate surface area is 182 Å². The Bertz CT molecular complexity index is 969. The van der Waals surface area contributed by atoms with Crippen molar-refractivity contribution >= 4 is 17.7 Å². The molecule has 168 valence electrons. The zero-order valence-electron chi connectivity index (χ0n) is 17.1. The van der Waals surface area contributed by atoms with E-state index in [0.717, 1.165) is 41.7 Å². The number of carbonyl (C=O) groups is 1. The van der Waals surface area contributed by atoms with Gasteiger partial charge in [0.1, 0.15) is 5.82 Å². The minimum Gasteiger partial charge on any atom is -0.336 e. The summed E-state index contributed by atoms with van der Waals surface area (Å²) >= 11 is 1.83. The molecule has 2 heterocycles. The largest absolute Gasteiger partial charge is 0.416 e. The first-order chi connectivity index (χ1) is 14.7. The number of nitrogens with zero attached hydrogens (tertiary/aromatic N) is 3. The van der Waals surface area contributed by atoms with E-state index in [1.54, 1.807) is 4.68 Å². The van der Waals surface area contributed by atoms with Crippen LogP contribution in [0.2, 0.25) is 0 Å². The number of nitrogens with one attached hydrogen (secondary N) is 1. The number of alkyl halides is 3. The number of hydrogen-bond donors (Lipinski definition) is 1. The van der Waals surface area contributed by atoms with Crippen molar-refractivity contribution in [1.82, 2.24) is 20.0 Å². The Hall–Kier alpha value is -2.07. The molecule has 0 spiro atoms. The summed E-state index contributed by atoms with van der Waals surface area (Å²) in [7, 11) is 1.84. The van der Waals surface area contributed by atoms with Crippen LogP contribution in [0.4, 0.5) is 17.6 Å². The van der Waals surface area contributed by atoms with E-state index in [9.17, 15) is 22.4 Å². The van der Waals surface area contributed by atoms with Gasteiger partial charge in [-0.25, -0.2) is 4.39 Å². The summed E-state index contributed by atoms with van der Waals surface area (Å²) in [4.78, 5) is 14.8. The second-order valence-electron chi connectivity index (χ2n) is 7.93. The summed E-state index contributed by atoms with van der Waals surface area (Å²) in [6, 6.07) is 2.59. The van der Waals surface area contributed by atoms with Crippen LogP contribution in [0.15, 0.2) is 18.2 Å². The van der Waals surface area contributed by atoms with Crippen molar-refractivity contribution in [2.24, 2.45) is 7.05 Å². The summed E-state index contributed by atoms with van der Waals surface area (Å²) in [5, 5.41) is 7.74. The third-order valence-corrected chi connectivity index (χ3v) is 6.86. The van der Waals surface area contributed by atoms with Crippen LogP contribution in [0, 0.1) is 5.82 Å². The summed E-state index contributed by atoms with van der Waals surface area (Å²) in [5.74, 6) is 0.915. The highest BCUT2D eigenvalue weighted by molar-refractivity contribution is 7.99. The predicted octanol–water partition coefficient (Wildman–Crippen LogP) is 3.41. The Kier molecular flexibility index (Phi) is 6.30. The number of thioether (sulfide) groups is 1. The van der Waals surface area contributed by atoms with Gasteiger partial charge in [0, 0.05) is 61.1 Å². The summed E-state index contributed by atoms with van der Waals surface area (Å²) in [6.45, 7) is 1.55. The molecule has 5 nitrogen and oxygen atoms in total. The topological polar surface area (TPSA) is 50.2 Å². The van der Waals surface area contributed by atoms with Gasteiger partial charge in [0.25, 0.3) is 5.91 Å². The number of aromatic nitrogens is 2. The number of hydrogen-bond acceptors (Lipinski definition) is 4. The molecule has 1 aromatic heterocycles. The van der Waals surface area contributed by atoms with Crippen LogP contribution in [-0.2, 0) is 32.6 Å². The smallest absolute Gasteiger partial charge is 0.336 e. The van der Waals surface area contributed by atoms with E-state index in [0.29, 0.717) is 31.3 Å². The van der Waals surface area contributed by atoms with Gasteiger partial charge in [-0.2, -0.15) is 30.0 Å². The quantitative estimate of drug-likeness (QED) is 0.717. The maximum atomic E-state index is 14.1. The average molecular weight is 457 g/mol. The first-order valence-corrected chi connectivity index (χ1v) is 11.4. The lowest BCUT2D eigenvalue weighted by molar-refractivity contribution is -0.137. The number of halogens is 4. The standard InChI is InChI=1S/C21H24F4N4OS/c1-28-18-5-4-15(26-12-13-2-3-14(10-17(13)22)21(23,24)25)11-16(18)19(27-28)20(30)29-6-8-31-9-7-29/h2-3,10,15,26H,4-9,11-12H2,1H3. The van der Waals surface area contributed by atoms with Crippen molar-refractivity contribution in [3.8, 4) is 0 Å². The van der Waals surface area contributed by atoms with Gasteiger partial charge in [0.2, 0.25) is 0 Å². The van der Waals surface area contributed by atoms with Crippen LogP contribution in [0.25, 0.3) is 0 Å². The number of aryl methyl sites for hydroxylation is 1. The first-order valence-electron chi connectivity index (χ1n) is 10.2. The van der Waals surface area contributed by atoms with Crippen molar-refractivity contribution in [3.63, 3.8) is 0 Å². The molecule has 0 radical (unpaired) electrons. The highest BCUT2D eigenvalue weighted by Crippen LogP contribution is 2.30. The molecule has 1 amide bonds. The second-order valence-corrected chi connectivity index (χ2v) is 9.15. The van der Waals surface area contributed by atoms with E-state index in [4.69, 9.17) is 0 Å². The molecule has 0 bridgehead atoms. The number of amides is 1. The van der Waals surface area contributed by atoms with Crippen LogP contribution < -0.4 is 5.32 Å². The number of carbonyl (C=O) groups excluding carboxylic acids is 1. The fourth-order valence-electron chi connectivity index (χ4n) is 4.17. The lowest BCUT2D eigenvalue weighted by Crippen LogP contribution is -2.39. The van der Waals surface area contributed by atoms with Gasteiger partial charge >= 0.3 is 6.18 Å². The molecule has 1 aliphatic carbocycles. The van der Waals surface area contributed by atoms with Crippen LogP contribution in [-0.4, -0.2) is 51.2 Å². The highest BCUT2D eigenvalue weighted by Gasteiger charge is 2.32. The van der Waals surface area contributed by atoms with E-state index >= 15 is 0 Å².